The molecule has 1 atom stereocenters. The van der Waals surface area contributed by atoms with Crippen molar-refractivity contribution in [3.8, 4) is 5.75 Å². The predicted molar refractivity (Wildman–Crippen MR) is 85.4 cm³/mol. The summed E-state index contributed by atoms with van der Waals surface area (Å²) in [5.41, 5.74) is 8.07. The lowest BCUT2D eigenvalue weighted by atomic mass is 10.1. The minimum Gasteiger partial charge on any atom is -0.483 e. The van der Waals surface area contributed by atoms with E-state index in [1.807, 2.05) is 49.4 Å². The fraction of sp³-hybridized carbons (Fsp3) is 0.200. The van der Waals surface area contributed by atoms with Crippen LogP contribution in [0.2, 0.25) is 0 Å². The van der Waals surface area contributed by atoms with E-state index in [9.17, 15) is 0 Å². The van der Waals surface area contributed by atoms with Crippen molar-refractivity contribution in [3.05, 3.63) is 62.5 Å². The Bertz CT molecular complexity index is 572. The van der Waals surface area contributed by atoms with Crippen LogP contribution < -0.4 is 10.5 Å². The van der Waals surface area contributed by atoms with E-state index in [0.717, 1.165) is 20.3 Å². The molecule has 100 valence electrons. The van der Waals surface area contributed by atoms with Gasteiger partial charge in [0.2, 0.25) is 0 Å². The number of nitrogens with two attached hydrogens (primary N) is 1. The van der Waals surface area contributed by atoms with Gasteiger partial charge in [0.25, 0.3) is 0 Å². The highest BCUT2D eigenvalue weighted by atomic mass is 79.9. The van der Waals surface area contributed by atoms with Crippen LogP contribution in [0.5, 0.6) is 5.75 Å². The van der Waals surface area contributed by atoms with Gasteiger partial charge in [0.05, 0.1) is 4.47 Å². The molecule has 0 saturated carbocycles. The Balaban J connectivity index is 2.24. The SMILES string of the molecule is Cc1ccc(OC(CN)c2cccc(Br)c2)c(Br)c1. The molecule has 0 fully saturated rings. The Hall–Kier alpha value is -0.840. The molecule has 2 aromatic rings. The maximum Gasteiger partial charge on any atom is 0.136 e. The van der Waals surface area contributed by atoms with Crippen LogP contribution in [-0.2, 0) is 0 Å². The van der Waals surface area contributed by atoms with Gasteiger partial charge in [0, 0.05) is 11.0 Å². The quantitative estimate of drug-likeness (QED) is 0.835. The lowest BCUT2D eigenvalue weighted by molar-refractivity contribution is 0.212. The molecule has 0 aromatic heterocycles. The van der Waals surface area contributed by atoms with E-state index in [1.54, 1.807) is 0 Å². The summed E-state index contributed by atoms with van der Waals surface area (Å²) in [4.78, 5) is 0. The highest BCUT2D eigenvalue weighted by Gasteiger charge is 2.13. The molecule has 0 heterocycles. The first kappa shape index (κ1) is 14.6. The second kappa shape index (κ2) is 6.55. The standard InChI is InChI=1S/C15H15Br2NO/c1-10-5-6-14(13(17)7-10)19-15(9-18)11-3-2-4-12(16)8-11/h2-8,15H,9,18H2,1H3. The summed E-state index contributed by atoms with van der Waals surface area (Å²) in [6.45, 7) is 2.47. The normalized spacial score (nSPS) is 12.2. The Morgan fingerprint density at radius 2 is 1.95 bits per heavy atom. The van der Waals surface area contributed by atoms with Crippen LogP contribution in [0.15, 0.2) is 51.4 Å². The molecule has 0 spiro atoms. The van der Waals surface area contributed by atoms with Crippen LogP contribution in [0, 0.1) is 6.92 Å². The molecule has 2 rings (SSSR count). The maximum atomic E-state index is 6.00. The smallest absolute Gasteiger partial charge is 0.136 e. The molecule has 0 aliphatic heterocycles. The third kappa shape index (κ3) is 3.81. The zero-order chi connectivity index (χ0) is 13.8. The van der Waals surface area contributed by atoms with Crippen molar-refractivity contribution in [2.24, 2.45) is 5.73 Å². The van der Waals surface area contributed by atoms with Crippen molar-refractivity contribution in [2.45, 2.75) is 13.0 Å². The first-order valence-corrected chi connectivity index (χ1v) is 7.57. The minimum atomic E-state index is -0.156. The number of rotatable bonds is 4. The lowest BCUT2D eigenvalue weighted by Crippen LogP contribution is -2.18. The van der Waals surface area contributed by atoms with Crippen molar-refractivity contribution in [1.29, 1.82) is 0 Å². The van der Waals surface area contributed by atoms with Crippen molar-refractivity contribution in [3.63, 3.8) is 0 Å². The third-order valence-electron chi connectivity index (χ3n) is 2.79. The number of aryl methyl sites for hydroxylation is 1. The Morgan fingerprint density at radius 1 is 1.16 bits per heavy atom. The Kier molecular flexibility index (Phi) is 5.02. The van der Waals surface area contributed by atoms with Crippen molar-refractivity contribution in [1.82, 2.24) is 0 Å². The summed E-state index contributed by atoms with van der Waals surface area (Å²) in [7, 11) is 0. The summed E-state index contributed by atoms with van der Waals surface area (Å²) in [6.07, 6.45) is -0.156. The monoisotopic (exact) mass is 383 g/mol. The second-order valence-electron chi connectivity index (χ2n) is 4.33. The van der Waals surface area contributed by atoms with Gasteiger partial charge in [-0.3, -0.25) is 0 Å². The van der Waals surface area contributed by atoms with Crippen LogP contribution in [0.25, 0.3) is 0 Å². The van der Waals surface area contributed by atoms with Crippen molar-refractivity contribution in [2.75, 3.05) is 6.54 Å². The molecule has 1 unspecified atom stereocenters. The van der Waals surface area contributed by atoms with E-state index in [-0.39, 0.29) is 6.10 Å². The van der Waals surface area contributed by atoms with Crippen molar-refractivity contribution < 1.29 is 4.74 Å². The van der Waals surface area contributed by atoms with Gasteiger partial charge >= 0.3 is 0 Å². The molecule has 0 radical (unpaired) electrons. The highest BCUT2D eigenvalue weighted by molar-refractivity contribution is 9.10. The second-order valence-corrected chi connectivity index (χ2v) is 6.10. The van der Waals surface area contributed by atoms with E-state index in [4.69, 9.17) is 10.5 Å². The van der Waals surface area contributed by atoms with Crippen LogP contribution >= 0.6 is 31.9 Å². The van der Waals surface area contributed by atoms with Gasteiger partial charge in [-0.15, -0.1) is 0 Å². The molecule has 2 nitrogen and oxygen atoms in total. The molecular weight excluding hydrogens is 370 g/mol. The number of ether oxygens (including phenoxy) is 1. The summed E-state index contributed by atoms with van der Waals surface area (Å²) >= 11 is 6.98. The van der Waals surface area contributed by atoms with E-state index >= 15 is 0 Å². The highest BCUT2D eigenvalue weighted by Crippen LogP contribution is 2.30. The van der Waals surface area contributed by atoms with E-state index in [1.165, 1.54) is 5.56 Å². The van der Waals surface area contributed by atoms with Gasteiger partial charge in [0.15, 0.2) is 0 Å². The predicted octanol–water partition coefficient (Wildman–Crippen LogP) is 4.60. The van der Waals surface area contributed by atoms with Gasteiger partial charge in [-0.1, -0.05) is 34.1 Å². The molecule has 4 heteroatoms. The zero-order valence-corrected chi connectivity index (χ0v) is 13.7. The van der Waals surface area contributed by atoms with E-state index in [2.05, 4.69) is 31.9 Å². The fourth-order valence-electron chi connectivity index (χ4n) is 1.81. The van der Waals surface area contributed by atoms with Crippen LogP contribution in [0.4, 0.5) is 0 Å². The number of hydrogen-bond acceptors (Lipinski definition) is 2. The molecule has 0 bridgehead atoms. The first-order valence-electron chi connectivity index (χ1n) is 5.98. The average Bonchev–Trinajstić information content (AvgIpc) is 2.38. The Morgan fingerprint density at radius 3 is 2.58 bits per heavy atom. The number of hydrogen-bond donors (Lipinski definition) is 1. The van der Waals surface area contributed by atoms with E-state index < -0.39 is 0 Å². The van der Waals surface area contributed by atoms with Gasteiger partial charge in [-0.05, 0) is 58.2 Å². The summed E-state index contributed by atoms with van der Waals surface area (Å²) in [5.74, 6) is 0.807. The number of benzene rings is 2. The topological polar surface area (TPSA) is 35.2 Å². The first-order chi connectivity index (χ1) is 9.10. The van der Waals surface area contributed by atoms with Gasteiger partial charge < -0.3 is 10.5 Å². The average molecular weight is 385 g/mol. The summed E-state index contributed by atoms with van der Waals surface area (Å²) in [5, 5.41) is 0. The summed E-state index contributed by atoms with van der Waals surface area (Å²) < 4.78 is 7.97. The van der Waals surface area contributed by atoms with Crippen LogP contribution in [-0.4, -0.2) is 6.54 Å². The molecule has 0 saturated heterocycles. The minimum absolute atomic E-state index is 0.156. The fourth-order valence-corrected chi connectivity index (χ4v) is 2.82. The number of halogens is 2. The molecule has 19 heavy (non-hydrogen) atoms. The zero-order valence-electron chi connectivity index (χ0n) is 10.6. The summed E-state index contributed by atoms with van der Waals surface area (Å²) in [6, 6.07) is 14.0. The van der Waals surface area contributed by atoms with Crippen molar-refractivity contribution >= 4 is 31.9 Å². The van der Waals surface area contributed by atoms with Crippen LogP contribution in [0.1, 0.15) is 17.2 Å². The lowest BCUT2D eigenvalue weighted by Gasteiger charge is -2.19. The molecule has 0 aliphatic carbocycles. The van der Waals surface area contributed by atoms with Gasteiger partial charge in [-0.2, -0.15) is 0 Å². The third-order valence-corrected chi connectivity index (χ3v) is 3.90. The molecule has 0 amide bonds. The molecular formula is C15H15Br2NO. The molecule has 2 aromatic carbocycles. The molecule has 2 N–H and O–H groups in total. The van der Waals surface area contributed by atoms with Gasteiger partial charge in [-0.25, -0.2) is 0 Å². The van der Waals surface area contributed by atoms with E-state index in [0.29, 0.717) is 6.54 Å². The molecule has 0 aliphatic rings. The van der Waals surface area contributed by atoms with Gasteiger partial charge in [0.1, 0.15) is 11.9 Å². The maximum absolute atomic E-state index is 6.00. The Labute approximate surface area is 130 Å². The largest absolute Gasteiger partial charge is 0.483 e. The van der Waals surface area contributed by atoms with Crippen LogP contribution in [0.3, 0.4) is 0 Å².